The van der Waals surface area contributed by atoms with E-state index in [1.807, 2.05) is 51.1 Å². The maximum Gasteiger partial charge on any atom is 0.410 e. The Kier molecular flexibility index (Phi) is 5.08. The van der Waals surface area contributed by atoms with Crippen LogP contribution >= 0.6 is 0 Å². The highest BCUT2D eigenvalue weighted by molar-refractivity contribution is 5.68. The minimum absolute atomic E-state index is 0.111. The molecular formula is C17H26N2O3. The van der Waals surface area contributed by atoms with Gasteiger partial charge in [-0.2, -0.15) is 0 Å². The average molecular weight is 306 g/mol. The molecule has 122 valence electrons. The van der Waals surface area contributed by atoms with Crippen LogP contribution in [0.2, 0.25) is 0 Å². The topological polar surface area (TPSA) is 61.8 Å². The number of likely N-dealkylation sites (tertiary alicyclic amines) is 1. The summed E-state index contributed by atoms with van der Waals surface area (Å²) in [5, 5.41) is 13.6. The Labute approximate surface area is 132 Å². The standard InChI is InChI=1S/C17H26N2O3/c1-12(13-8-6-5-7-9-13)18-14-10-19(11-15(14)20)16(21)22-17(2,3)4/h5-9,12,14-15,18,20H,10-11H2,1-4H3/t12?,14-,15-/m0/s1. The smallest absolute Gasteiger partial charge is 0.410 e. The number of carbonyl (C=O) groups excluding carboxylic acids is 1. The predicted octanol–water partition coefficient (Wildman–Crippen LogP) is 2.32. The summed E-state index contributed by atoms with van der Waals surface area (Å²) in [6.45, 7) is 8.32. The van der Waals surface area contributed by atoms with Gasteiger partial charge in [0.05, 0.1) is 18.7 Å². The first-order valence-electron chi connectivity index (χ1n) is 7.73. The van der Waals surface area contributed by atoms with Gasteiger partial charge in [0.1, 0.15) is 5.60 Å². The molecule has 0 aromatic heterocycles. The van der Waals surface area contributed by atoms with E-state index >= 15 is 0 Å². The Balaban J connectivity index is 1.92. The van der Waals surface area contributed by atoms with Crippen LogP contribution in [0.1, 0.15) is 39.3 Å². The molecule has 1 aliphatic heterocycles. The molecule has 1 aromatic carbocycles. The Hall–Kier alpha value is -1.59. The minimum Gasteiger partial charge on any atom is -0.444 e. The molecule has 5 nitrogen and oxygen atoms in total. The van der Waals surface area contributed by atoms with Crippen molar-refractivity contribution < 1.29 is 14.6 Å². The third-order valence-electron chi connectivity index (χ3n) is 3.70. The van der Waals surface area contributed by atoms with Gasteiger partial charge in [0.15, 0.2) is 0 Å². The van der Waals surface area contributed by atoms with Crippen LogP contribution in [0.4, 0.5) is 4.79 Å². The zero-order chi connectivity index (χ0) is 16.3. The van der Waals surface area contributed by atoms with Crippen molar-refractivity contribution in [1.82, 2.24) is 10.2 Å². The van der Waals surface area contributed by atoms with Crippen LogP contribution in [0.5, 0.6) is 0 Å². The van der Waals surface area contributed by atoms with Crippen LogP contribution in [-0.2, 0) is 4.74 Å². The zero-order valence-electron chi connectivity index (χ0n) is 13.7. The third-order valence-corrected chi connectivity index (χ3v) is 3.70. The second kappa shape index (κ2) is 6.67. The lowest BCUT2D eigenvalue weighted by atomic mass is 10.1. The molecule has 1 heterocycles. The van der Waals surface area contributed by atoms with Gasteiger partial charge in [-0.1, -0.05) is 30.3 Å². The molecule has 1 saturated heterocycles. The van der Waals surface area contributed by atoms with E-state index in [1.165, 1.54) is 0 Å². The lowest BCUT2D eigenvalue weighted by Gasteiger charge is -2.25. The highest BCUT2D eigenvalue weighted by Gasteiger charge is 2.36. The summed E-state index contributed by atoms with van der Waals surface area (Å²) in [5.41, 5.74) is 0.635. The average Bonchev–Trinajstić information content (AvgIpc) is 2.79. The summed E-state index contributed by atoms with van der Waals surface area (Å²) in [6.07, 6.45) is -0.957. The summed E-state index contributed by atoms with van der Waals surface area (Å²) in [7, 11) is 0. The number of carbonyl (C=O) groups is 1. The van der Waals surface area contributed by atoms with E-state index in [2.05, 4.69) is 12.2 Å². The van der Waals surface area contributed by atoms with Crippen LogP contribution < -0.4 is 5.32 Å². The molecule has 1 amide bonds. The van der Waals surface area contributed by atoms with Gasteiger partial charge < -0.3 is 20.1 Å². The first-order valence-corrected chi connectivity index (χ1v) is 7.73. The lowest BCUT2D eigenvalue weighted by Crippen LogP contribution is -2.41. The van der Waals surface area contributed by atoms with E-state index in [4.69, 9.17) is 4.74 Å². The van der Waals surface area contributed by atoms with Crippen molar-refractivity contribution in [3.8, 4) is 0 Å². The molecule has 22 heavy (non-hydrogen) atoms. The zero-order valence-corrected chi connectivity index (χ0v) is 13.7. The number of hydrogen-bond acceptors (Lipinski definition) is 4. The molecule has 2 rings (SSSR count). The lowest BCUT2D eigenvalue weighted by molar-refractivity contribution is 0.0270. The van der Waals surface area contributed by atoms with Gasteiger partial charge in [-0.05, 0) is 33.3 Å². The van der Waals surface area contributed by atoms with Crippen LogP contribution in [0.3, 0.4) is 0 Å². The van der Waals surface area contributed by atoms with Crippen molar-refractivity contribution in [1.29, 1.82) is 0 Å². The summed E-state index contributed by atoms with van der Waals surface area (Å²) < 4.78 is 5.36. The molecule has 0 radical (unpaired) electrons. The largest absolute Gasteiger partial charge is 0.444 e. The van der Waals surface area contributed by atoms with Gasteiger partial charge in [-0.15, -0.1) is 0 Å². The number of benzene rings is 1. The number of aliphatic hydroxyl groups is 1. The van der Waals surface area contributed by atoms with Crippen molar-refractivity contribution in [3.63, 3.8) is 0 Å². The van der Waals surface area contributed by atoms with Gasteiger partial charge in [-0.25, -0.2) is 4.79 Å². The molecule has 0 bridgehead atoms. The monoisotopic (exact) mass is 306 g/mol. The van der Waals surface area contributed by atoms with E-state index < -0.39 is 11.7 Å². The molecule has 0 spiro atoms. The quantitative estimate of drug-likeness (QED) is 0.899. The number of β-amino-alcohol motifs (C(OH)–C–C–N with tert-alkyl or cyclic N) is 1. The Morgan fingerprint density at radius 2 is 1.95 bits per heavy atom. The molecular weight excluding hydrogens is 280 g/mol. The fourth-order valence-electron chi connectivity index (χ4n) is 2.59. The Morgan fingerprint density at radius 1 is 1.32 bits per heavy atom. The second-order valence-corrected chi connectivity index (χ2v) is 6.86. The molecule has 0 aliphatic carbocycles. The number of nitrogens with zero attached hydrogens (tertiary/aromatic N) is 1. The maximum atomic E-state index is 12.1. The predicted molar refractivity (Wildman–Crippen MR) is 85.6 cm³/mol. The number of rotatable bonds is 3. The van der Waals surface area contributed by atoms with E-state index in [-0.39, 0.29) is 18.2 Å². The molecule has 1 aliphatic rings. The summed E-state index contributed by atoms with van der Waals surface area (Å²) in [6, 6.07) is 10.0. The molecule has 0 saturated carbocycles. The highest BCUT2D eigenvalue weighted by Crippen LogP contribution is 2.19. The first kappa shape index (κ1) is 16.8. The van der Waals surface area contributed by atoms with E-state index in [1.54, 1.807) is 4.90 Å². The molecule has 1 aromatic rings. The number of amides is 1. The van der Waals surface area contributed by atoms with Crippen molar-refractivity contribution in [3.05, 3.63) is 35.9 Å². The van der Waals surface area contributed by atoms with E-state index in [0.29, 0.717) is 13.1 Å². The maximum absolute atomic E-state index is 12.1. The molecule has 3 atom stereocenters. The van der Waals surface area contributed by atoms with Crippen molar-refractivity contribution in [2.45, 2.75) is 51.5 Å². The second-order valence-electron chi connectivity index (χ2n) is 6.86. The number of nitrogens with one attached hydrogen (secondary N) is 1. The van der Waals surface area contributed by atoms with Crippen LogP contribution in [0.15, 0.2) is 30.3 Å². The molecule has 1 unspecified atom stereocenters. The normalized spacial score (nSPS) is 23.4. The van der Waals surface area contributed by atoms with E-state index in [0.717, 1.165) is 5.56 Å². The van der Waals surface area contributed by atoms with Gasteiger partial charge in [0, 0.05) is 12.6 Å². The van der Waals surface area contributed by atoms with Crippen LogP contribution in [0.25, 0.3) is 0 Å². The van der Waals surface area contributed by atoms with Gasteiger partial charge in [-0.3, -0.25) is 0 Å². The van der Waals surface area contributed by atoms with Crippen LogP contribution in [-0.4, -0.2) is 46.9 Å². The van der Waals surface area contributed by atoms with Gasteiger partial charge >= 0.3 is 6.09 Å². The number of hydrogen-bond donors (Lipinski definition) is 2. The molecule has 2 N–H and O–H groups in total. The minimum atomic E-state index is -0.585. The SMILES string of the molecule is CC(N[C@H]1CN(C(=O)OC(C)(C)C)C[C@@H]1O)c1ccccc1. The molecule has 1 fully saturated rings. The molecule has 5 heteroatoms. The Bertz CT molecular complexity index is 498. The van der Waals surface area contributed by atoms with Crippen molar-refractivity contribution >= 4 is 6.09 Å². The number of ether oxygens (including phenoxy) is 1. The summed E-state index contributed by atoms with van der Waals surface area (Å²) in [5.74, 6) is 0. The van der Waals surface area contributed by atoms with Crippen molar-refractivity contribution in [2.75, 3.05) is 13.1 Å². The Morgan fingerprint density at radius 3 is 2.55 bits per heavy atom. The number of aliphatic hydroxyl groups excluding tert-OH is 1. The fourth-order valence-corrected chi connectivity index (χ4v) is 2.59. The van der Waals surface area contributed by atoms with Crippen LogP contribution in [0, 0.1) is 0 Å². The van der Waals surface area contributed by atoms with E-state index in [9.17, 15) is 9.90 Å². The third kappa shape index (κ3) is 4.45. The summed E-state index contributed by atoms with van der Waals surface area (Å²) >= 11 is 0. The summed E-state index contributed by atoms with van der Waals surface area (Å²) in [4.78, 5) is 13.6. The highest BCUT2D eigenvalue weighted by atomic mass is 16.6. The first-order chi connectivity index (χ1) is 10.3. The fraction of sp³-hybridized carbons (Fsp3) is 0.588. The van der Waals surface area contributed by atoms with Crippen molar-refractivity contribution in [2.24, 2.45) is 0 Å². The van der Waals surface area contributed by atoms with Gasteiger partial charge in [0.2, 0.25) is 0 Å². The van der Waals surface area contributed by atoms with Gasteiger partial charge in [0.25, 0.3) is 0 Å².